The number of unbranched alkanes of at least 4 members (excludes halogenated alkanes) is 3. The van der Waals surface area contributed by atoms with E-state index in [-0.39, 0.29) is 5.75 Å². The van der Waals surface area contributed by atoms with Crippen molar-refractivity contribution in [1.82, 2.24) is 0 Å². The summed E-state index contributed by atoms with van der Waals surface area (Å²) in [5.41, 5.74) is 1.24. The van der Waals surface area contributed by atoms with Crippen molar-refractivity contribution >= 4 is 32.0 Å². The number of nitrogens with two attached hydrogens (primary N) is 1. The molecule has 0 aliphatic heterocycles. The normalized spacial score (nSPS) is 12.5. The molecule has 1 aromatic rings. The molecule has 0 saturated heterocycles. The van der Waals surface area contributed by atoms with Crippen LogP contribution < -0.4 is 8.72 Å². The first-order chi connectivity index (χ1) is 12.4. The number of rotatable bonds is 14. The Balaban J connectivity index is 2.92. The molecule has 0 bridgehead atoms. The number of hydrogen-bond donors (Lipinski definition) is 1. The molecule has 0 unspecified atom stereocenters. The summed E-state index contributed by atoms with van der Waals surface area (Å²) >= 11 is -2.33. The van der Waals surface area contributed by atoms with Gasteiger partial charge in [0.1, 0.15) is 0 Å². The third-order valence-electron chi connectivity index (χ3n) is 5.49. The molecule has 3 nitrogen and oxygen atoms in total. The van der Waals surface area contributed by atoms with Gasteiger partial charge < -0.3 is 0 Å². The molecule has 0 spiro atoms. The average molecular weight is 488 g/mol. The van der Waals surface area contributed by atoms with Crippen LogP contribution in [-0.4, -0.2) is 32.5 Å². The molecule has 0 saturated carbocycles. The summed E-state index contributed by atoms with van der Waals surface area (Å²) in [6.45, 7) is 6.93. The minimum absolute atomic E-state index is 0.0709. The van der Waals surface area contributed by atoms with Crippen LogP contribution in [0.3, 0.4) is 0 Å². The van der Waals surface area contributed by atoms with Gasteiger partial charge in [0.05, 0.1) is 0 Å². The maximum absolute atomic E-state index is 11.1. The molecule has 0 aliphatic carbocycles. The first-order valence-electron chi connectivity index (χ1n) is 10.5. The Morgan fingerprint density at radius 1 is 0.808 bits per heavy atom. The van der Waals surface area contributed by atoms with Crippen LogP contribution in [0.1, 0.15) is 71.3 Å². The Hall–Kier alpha value is -0.0713. The molecule has 5 heteroatoms. The minimum atomic E-state index is -3.35. The van der Waals surface area contributed by atoms with E-state index in [1.807, 2.05) is 0 Å². The van der Waals surface area contributed by atoms with Crippen LogP contribution in [0.15, 0.2) is 24.3 Å². The monoisotopic (exact) mass is 489 g/mol. The van der Waals surface area contributed by atoms with Gasteiger partial charge in [-0.2, -0.15) is 0 Å². The Labute approximate surface area is 166 Å². The molecule has 0 aliphatic rings. The molecule has 0 aromatic heterocycles. The second-order valence-corrected chi connectivity index (χ2v) is 22.7. The first-order valence-corrected chi connectivity index (χ1v) is 19.7. The van der Waals surface area contributed by atoms with E-state index in [0.29, 0.717) is 6.42 Å². The molecule has 0 amide bonds. The zero-order valence-electron chi connectivity index (χ0n) is 17.1. The second-order valence-electron chi connectivity index (χ2n) is 7.76. The van der Waals surface area contributed by atoms with Crippen molar-refractivity contribution in [2.24, 2.45) is 5.14 Å². The zero-order valence-corrected chi connectivity index (χ0v) is 20.8. The van der Waals surface area contributed by atoms with E-state index in [2.05, 4.69) is 45.0 Å². The molecular weight excluding hydrogens is 449 g/mol. The Morgan fingerprint density at radius 2 is 1.27 bits per heavy atom. The summed E-state index contributed by atoms with van der Waals surface area (Å²) in [6.07, 6.45) is 9.40. The van der Waals surface area contributed by atoms with Gasteiger partial charge in [-0.3, -0.25) is 0 Å². The summed E-state index contributed by atoms with van der Waals surface area (Å²) in [6, 6.07) is 9.27. The average Bonchev–Trinajstić information content (AvgIpc) is 2.61. The van der Waals surface area contributed by atoms with Crippen LogP contribution in [0.5, 0.6) is 0 Å². The third kappa shape index (κ3) is 8.74. The topological polar surface area (TPSA) is 60.2 Å². The zero-order chi connectivity index (χ0) is 19.5. The van der Waals surface area contributed by atoms with E-state index in [4.69, 9.17) is 5.14 Å². The summed E-state index contributed by atoms with van der Waals surface area (Å²) < 4.78 is 28.3. The fourth-order valence-corrected chi connectivity index (χ4v) is 20.3. The molecular formula is C21H39NO2SSn. The van der Waals surface area contributed by atoms with Crippen molar-refractivity contribution in [2.75, 3.05) is 5.75 Å². The van der Waals surface area contributed by atoms with Crippen LogP contribution >= 0.6 is 0 Å². The fraction of sp³-hybridized carbons (Fsp3) is 0.714. The molecule has 0 fully saturated rings. The van der Waals surface area contributed by atoms with Crippen molar-refractivity contribution in [3.63, 3.8) is 0 Å². The summed E-state index contributed by atoms with van der Waals surface area (Å²) in [5, 5.41) is 5.10. The van der Waals surface area contributed by atoms with Gasteiger partial charge in [0.25, 0.3) is 0 Å². The van der Waals surface area contributed by atoms with Gasteiger partial charge >= 0.3 is 167 Å². The predicted molar refractivity (Wildman–Crippen MR) is 117 cm³/mol. The number of hydrogen-bond acceptors (Lipinski definition) is 2. The molecule has 26 heavy (non-hydrogen) atoms. The van der Waals surface area contributed by atoms with E-state index >= 15 is 0 Å². The quantitative estimate of drug-likeness (QED) is 0.377. The summed E-state index contributed by atoms with van der Waals surface area (Å²) in [4.78, 5) is 0. The molecule has 0 radical (unpaired) electrons. The maximum atomic E-state index is 11.1. The van der Waals surface area contributed by atoms with E-state index < -0.39 is 28.4 Å². The number of sulfonamides is 1. The van der Waals surface area contributed by atoms with Crippen molar-refractivity contribution in [2.45, 2.75) is 85.4 Å². The molecule has 150 valence electrons. The van der Waals surface area contributed by atoms with Gasteiger partial charge in [0.2, 0.25) is 0 Å². The summed E-state index contributed by atoms with van der Waals surface area (Å²) in [5.74, 6) is 0.0709. The Kier molecular flexibility index (Phi) is 11.4. The third-order valence-corrected chi connectivity index (χ3v) is 22.0. The van der Waals surface area contributed by atoms with Crippen molar-refractivity contribution in [3.8, 4) is 0 Å². The summed E-state index contributed by atoms with van der Waals surface area (Å²) in [7, 11) is -3.35. The van der Waals surface area contributed by atoms with E-state index in [1.165, 1.54) is 57.4 Å². The standard InChI is InChI=1S/C9H12NO2S.3C4H9.Sn/c10-13(11,12)8-4-7-9-5-2-1-3-6-9;3*1-3-4-2;/h2-3,5-6H,4,7-8H2,(H2,10,11,12);3*1,3-4H2,2H3;. The van der Waals surface area contributed by atoms with Crippen molar-refractivity contribution in [1.29, 1.82) is 0 Å². The number of benzene rings is 1. The van der Waals surface area contributed by atoms with Crippen LogP contribution in [-0.2, 0) is 16.4 Å². The Morgan fingerprint density at radius 3 is 1.65 bits per heavy atom. The Bertz CT molecular complexity index is 577. The van der Waals surface area contributed by atoms with Crippen LogP contribution in [0, 0.1) is 0 Å². The van der Waals surface area contributed by atoms with E-state index in [1.54, 1.807) is 3.58 Å². The predicted octanol–water partition coefficient (Wildman–Crippen LogP) is 4.96. The van der Waals surface area contributed by atoms with Gasteiger partial charge in [-0.05, 0) is 0 Å². The SMILES string of the molecule is CCC[CH2][Sn]([CH2]CCC)([CH2]CCC)[c]1ccc(CCCS(N)(=O)=O)cc1. The van der Waals surface area contributed by atoms with Gasteiger partial charge in [0, 0.05) is 0 Å². The van der Waals surface area contributed by atoms with Gasteiger partial charge in [-0.25, -0.2) is 0 Å². The van der Waals surface area contributed by atoms with Crippen LogP contribution in [0.4, 0.5) is 0 Å². The van der Waals surface area contributed by atoms with Gasteiger partial charge in [0.15, 0.2) is 0 Å². The van der Waals surface area contributed by atoms with E-state index in [9.17, 15) is 8.42 Å². The van der Waals surface area contributed by atoms with Gasteiger partial charge in [-0.1, -0.05) is 0 Å². The van der Waals surface area contributed by atoms with Crippen molar-refractivity contribution in [3.05, 3.63) is 29.8 Å². The van der Waals surface area contributed by atoms with Crippen molar-refractivity contribution < 1.29 is 8.42 Å². The van der Waals surface area contributed by atoms with Crippen LogP contribution in [0.2, 0.25) is 13.3 Å². The van der Waals surface area contributed by atoms with E-state index in [0.717, 1.165) is 6.42 Å². The molecule has 2 N–H and O–H groups in total. The van der Waals surface area contributed by atoms with Gasteiger partial charge in [-0.15, -0.1) is 0 Å². The number of primary sulfonamides is 1. The second kappa shape index (κ2) is 12.4. The number of aryl methyl sites for hydroxylation is 1. The first kappa shape index (κ1) is 24.0. The molecule has 1 aromatic carbocycles. The van der Waals surface area contributed by atoms with Crippen LogP contribution in [0.25, 0.3) is 0 Å². The molecule has 1 rings (SSSR count). The molecule has 0 atom stereocenters. The molecule has 0 heterocycles. The fourth-order valence-electron chi connectivity index (χ4n) is 3.86.